The third-order valence-corrected chi connectivity index (χ3v) is 7.42. The lowest BCUT2D eigenvalue weighted by atomic mass is 10.0. The molecule has 0 spiro atoms. The van der Waals surface area contributed by atoms with Crippen LogP contribution in [0.1, 0.15) is 51.7 Å². The number of benzene rings is 2. The predicted molar refractivity (Wildman–Crippen MR) is 174 cm³/mol. The van der Waals surface area contributed by atoms with Gasteiger partial charge in [-0.1, -0.05) is 47.6 Å². The van der Waals surface area contributed by atoms with Gasteiger partial charge in [-0.05, 0) is 55.3 Å². The summed E-state index contributed by atoms with van der Waals surface area (Å²) in [6.07, 6.45) is 5.32. The maximum absolute atomic E-state index is 12.7. The van der Waals surface area contributed by atoms with E-state index in [1.54, 1.807) is 26.2 Å². The summed E-state index contributed by atoms with van der Waals surface area (Å²) >= 11 is 0. The zero-order chi connectivity index (χ0) is 34.3. The molecule has 2 aromatic carbocycles. The van der Waals surface area contributed by atoms with Crippen LogP contribution in [0.2, 0.25) is 0 Å². The SMILES string of the molecule is COc1ccc(O[C@H]2C=C[C@@H](c3ccccc3)O[C@H]2COC(=O)CCC(C)=NOCC[C@@H]2C=C[C@H](OC(C)=O)[C@@H](COC(C)=O)O2)cc1. The average molecular weight is 666 g/mol. The number of carbonyl (C=O) groups excluding carboxylic acids is 3. The summed E-state index contributed by atoms with van der Waals surface area (Å²) in [5, 5.41) is 4.11. The molecule has 0 unspecified atom stereocenters. The Morgan fingerprint density at radius 1 is 0.750 bits per heavy atom. The number of carbonyl (C=O) groups is 3. The van der Waals surface area contributed by atoms with Gasteiger partial charge in [-0.2, -0.15) is 0 Å². The topological polar surface area (TPSA) is 137 Å². The fourth-order valence-corrected chi connectivity index (χ4v) is 4.95. The van der Waals surface area contributed by atoms with Gasteiger partial charge in [-0.15, -0.1) is 0 Å². The summed E-state index contributed by atoms with van der Waals surface area (Å²) in [5.41, 5.74) is 1.61. The van der Waals surface area contributed by atoms with Crippen LogP contribution >= 0.6 is 0 Å². The van der Waals surface area contributed by atoms with Gasteiger partial charge in [0.25, 0.3) is 0 Å². The van der Waals surface area contributed by atoms with Gasteiger partial charge < -0.3 is 38.0 Å². The van der Waals surface area contributed by atoms with Gasteiger partial charge in [-0.25, -0.2) is 0 Å². The highest BCUT2D eigenvalue weighted by Crippen LogP contribution is 2.29. The van der Waals surface area contributed by atoms with Crippen molar-refractivity contribution in [3.05, 3.63) is 84.5 Å². The molecule has 6 atom stereocenters. The minimum absolute atomic E-state index is 0.00564. The molecule has 0 fully saturated rings. The van der Waals surface area contributed by atoms with E-state index < -0.39 is 42.3 Å². The van der Waals surface area contributed by atoms with Gasteiger partial charge in [0.2, 0.25) is 0 Å². The lowest BCUT2D eigenvalue weighted by Gasteiger charge is -2.32. The molecule has 0 N–H and O–H groups in total. The van der Waals surface area contributed by atoms with E-state index in [0.717, 1.165) is 5.56 Å². The highest BCUT2D eigenvalue weighted by molar-refractivity contribution is 5.85. The van der Waals surface area contributed by atoms with Gasteiger partial charge in [0.15, 0.2) is 0 Å². The first kappa shape index (κ1) is 36.2. The second-order valence-corrected chi connectivity index (χ2v) is 11.3. The highest BCUT2D eigenvalue weighted by Gasteiger charge is 2.32. The molecule has 2 heterocycles. The molecule has 0 aromatic heterocycles. The highest BCUT2D eigenvalue weighted by atomic mass is 16.6. The molecule has 12 heteroatoms. The van der Waals surface area contributed by atoms with Crippen LogP contribution in [0.5, 0.6) is 11.5 Å². The predicted octanol–water partition coefficient (Wildman–Crippen LogP) is 5.06. The van der Waals surface area contributed by atoms with Gasteiger partial charge in [0, 0.05) is 20.3 Å². The van der Waals surface area contributed by atoms with E-state index in [1.807, 2.05) is 66.7 Å². The Morgan fingerprint density at radius 2 is 1.44 bits per heavy atom. The van der Waals surface area contributed by atoms with E-state index in [9.17, 15) is 14.4 Å². The molecule has 2 aliphatic heterocycles. The number of oxime groups is 1. The number of ether oxygens (including phenoxy) is 7. The minimum atomic E-state index is -0.655. The summed E-state index contributed by atoms with van der Waals surface area (Å²) < 4.78 is 39.6. The first-order chi connectivity index (χ1) is 23.2. The number of rotatable bonds is 16. The Hall–Kier alpha value is -4.68. The van der Waals surface area contributed by atoms with Gasteiger partial charge in [0.1, 0.15) is 61.8 Å². The summed E-state index contributed by atoms with van der Waals surface area (Å²) in [7, 11) is 1.60. The summed E-state index contributed by atoms with van der Waals surface area (Å²) in [5.74, 6) is 0.0328. The lowest BCUT2D eigenvalue weighted by molar-refractivity contribution is -0.164. The fraction of sp³-hybridized carbons (Fsp3) is 0.444. The Morgan fingerprint density at radius 3 is 2.15 bits per heavy atom. The molecule has 2 aromatic rings. The Labute approximate surface area is 280 Å². The first-order valence-corrected chi connectivity index (χ1v) is 15.8. The van der Waals surface area contributed by atoms with Crippen LogP contribution in [-0.4, -0.2) is 81.1 Å². The quantitative estimate of drug-likeness (QED) is 0.0594. The van der Waals surface area contributed by atoms with Crippen molar-refractivity contribution in [2.24, 2.45) is 5.16 Å². The maximum Gasteiger partial charge on any atom is 0.306 e. The molecule has 48 heavy (non-hydrogen) atoms. The summed E-state index contributed by atoms with van der Waals surface area (Å²) in [4.78, 5) is 40.8. The normalized spacial score (nSPS) is 23.5. The largest absolute Gasteiger partial charge is 0.497 e. The van der Waals surface area contributed by atoms with Gasteiger partial charge >= 0.3 is 17.9 Å². The average Bonchev–Trinajstić information content (AvgIpc) is 3.09. The van der Waals surface area contributed by atoms with Crippen molar-refractivity contribution in [3.8, 4) is 11.5 Å². The van der Waals surface area contributed by atoms with Crippen molar-refractivity contribution in [1.82, 2.24) is 0 Å². The van der Waals surface area contributed by atoms with Crippen LogP contribution in [0.25, 0.3) is 0 Å². The third kappa shape index (κ3) is 11.8. The molecule has 0 saturated carbocycles. The molecular formula is C36H43NO11. The third-order valence-electron chi connectivity index (χ3n) is 7.42. The van der Waals surface area contributed by atoms with Crippen molar-refractivity contribution in [2.45, 2.75) is 76.7 Å². The molecule has 12 nitrogen and oxygen atoms in total. The van der Waals surface area contributed by atoms with Crippen LogP contribution < -0.4 is 9.47 Å². The molecule has 258 valence electrons. The second kappa shape index (κ2) is 18.6. The molecular weight excluding hydrogens is 622 g/mol. The smallest absolute Gasteiger partial charge is 0.306 e. The fourth-order valence-electron chi connectivity index (χ4n) is 4.95. The van der Waals surface area contributed by atoms with Crippen molar-refractivity contribution < 1.29 is 52.4 Å². The van der Waals surface area contributed by atoms with E-state index in [4.69, 9.17) is 38.0 Å². The molecule has 0 amide bonds. The van der Waals surface area contributed by atoms with E-state index in [-0.39, 0.29) is 38.4 Å². The van der Waals surface area contributed by atoms with E-state index in [1.165, 1.54) is 13.8 Å². The molecule has 4 rings (SSSR count). The van der Waals surface area contributed by atoms with E-state index >= 15 is 0 Å². The van der Waals surface area contributed by atoms with Gasteiger partial charge in [-0.3, -0.25) is 14.4 Å². The zero-order valence-electron chi connectivity index (χ0n) is 27.7. The Balaban J connectivity index is 1.22. The van der Waals surface area contributed by atoms with E-state index in [0.29, 0.717) is 30.1 Å². The van der Waals surface area contributed by atoms with Crippen molar-refractivity contribution in [3.63, 3.8) is 0 Å². The first-order valence-electron chi connectivity index (χ1n) is 15.8. The maximum atomic E-state index is 12.7. The summed E-state index contributed by atoms with van der Waals surface area (Å²) in [6.45, 7) is 4.56. The van der Waals surface area contributed by atoms with Gasteiger partial charge in [0.05, 0.1) is 25.3 Å². The molecule has 2 aliphatic rings. The van der Waals surface area contributed by atoms with E-state index in [2.05, 4.69) is 5.16 Å². The molecule has 0 aliphatic carbocycles. The number of hydrogen-bond acceptors (Lipinski definition) is 12. The van der Waals surface area contributed by atoms with Crippen molar-refractivity contribution >= 4 is 23.6 Å². The zero-order valence-corrected chi connectivity index (χ0v) is 27.7. The second-order valence-electron chi connectivity index (χ2n) is 11.3. The standard InChI is InChI=1S/C36H43NO11/c1-24(37-44-21-20-30-15-16-32(45-26(3)39)34(47-30)22-42-25(2)38)10-19-36(40)43-23-35-33(46-29-13-11-28(41-4)12-14-29)18-17-31(48-35)27-8-6-5-7-9-27/h5-9,11-18,30-35H,10,19-23H2,1-4H3/t30-,31-,32-,33-,34+,35-/m0/s1. The molecule has 0 radical (unpaired) electrons. The number of esters is 3. The van der Waals surface area contributed by atoms with Crippen LogP contribution in [0.3, 0.4) is 0 Å². The number of methoxy groups -OCH3 is 1. The summed E-state index contributed by atoms with van der Waals surface area (Å²) in [6, 6.07) is 17.0. The Bertz CT molecular complexity index is 1420. The van der Waals surface area contributed by atoms with Crippen LogP contribution in [0.15, 0.2) is 84.1 Å². The molecule has 0 saturated heterocycles. The monoisotopic (exact) mass is 665 g/mol. The Kier molecular flexibility index (Phi) is 14.0. The number of hydrogen-bond donors (Lipinski definition) is 0. The van der Waals surface area contributed by atoms with Crippen molar-refractivity contribution in [1.29, 1.82) is 0 Å². The number of nitrogens with zero attached hydrogens (tertiary/aromatic N) is 1. The van der Waals surface area contributed by atoms with Crippen molar-refractivity contribution in [2.75, 3.05) is 26.9 Å². The minimum Gasteiger partial charge on any atom is -0.497 e. The molecule has 0 bridgehead atoms. The van der Waals surface area contributed by atoms with Crippen LogP contribution in [-0.2, 0) is 42.9 Å². The lowest BCUT2D eigenvalue weighted by Crippen LogP contribution is -2.41. The van der Waals surface area contributed by atoms with Crippen LogP contribution in [0.4, 0.5) is 0 Å². The van der Waals surface area contributed by atoms with Crippen LogP contribution in [0, 0.1) is 0 Å².